The van der Waals surface area contributed by atoms with Gasteiger partial charge >= 0.3 is 0 Å². The fourth-order valence-corrected chi connectivity index (χ4v) is 4.82. The minimum Gasteiger partial charge on any atom is -0.373 e. The number of thiazole rings is 1. The first-order chi connectivity index (χ1) is 14.5. The highest BCUT2D eigenvalue weighted by molar-refractivity contribution is 7.14. The van der Waals surface area contributed by atoms with Crippen LogP contribution in [0, 0.1) is 0 Å². The molecule has 1 aromatic heterocycles. The molecule has 0 bridgehead atoms. The molecule has 0 aliphatic carbocycles. The van der Waals surface area contributed by atoms with Crippen LogP contribution in [0.4, 0.5) is 10.8 Å². The van der Waals surface area contributed by atoms with Crippen molar-refractivity contribution in [3.05, 3.63) is 40.9 Å². The van der Waals surface area contributed by atoms with Crippen LogP contribution in [0.1, 0.15) is 49.2 Å². The van der Waals surface area contributed by atoms with E-state index in [-0.39, 0.29) is 24.0 Å². The lowest BCUT2D eigenvalue weighted by Gasteiger charge is -2.34. The van der Waals surface area contributed by atoms with Gasteiger partial charge in [0.15, 0.2) is 5.13 Å². The third-order valence-corrected chi connectivity index (χ3v) is 6.22. The summed E-state index contributed by atoms with van der Waals surface area (Å²) < 4.78 is 5.78. The van der Waals surface area contributed by atoms with Gasteiger partial charge in [-0.1, -0.05) is 0 Å². The molecule has 1 N–H and O–H groups in total. The third kappa shape index (κ3) is 5.06. The molecule has 2 fully saturated rings. The van der Waals surface area contributed by atoms with Gasteiger partial charge in [0.2, 0.25) is 5.91 Å². The van der Waals surface area contributed by atoms with E-state index in [2.05, 4.69) is 29.0 Å². The fraction of sp³-hybridized carbons (Fsp3) is 0.500. The molecule has 4 rings (SSSR count). The molecule has 7 nitrogen and oxygen atoms in total. The highest BCUT2D eigenvalue weighted by atomic mass is 32.1. The number of hydrogen-bond acceptors (Lipinski definition) is 6. The molecule has 2 saturated heterocycles. The first-order valence-electron chi connectivity index (χ1n) is 10.5. The number of amides is 2. The number of morpholine rings is 1. The summed E-state index contributed by atoms with van der Waals surface area (Å²) in [6.07, 6.45) is 3.00. The van der Waals surface area contributed by atoms with Crippen LogP contribution in [-0.2, 0) is 16.1 Å². The maximum absolute atomic E-state index is 12.6. The molecule has 0 spiro atoms. The number of piperidine rings is 1. The van der Waals surface area contributed by atoms with Gasteiger partial charge in [0.25, 0.3) is 5.91 Å². The maximum Gasteiger partial charge on any atom is 0.257 e. The van der Waals surface area contributed by atoms with Crippen LogP contribution in [0.5, 0.6) is 0 Å². The molecule has 2 amide bonds. The molecule has 2 atom stereocenters. The summed E-state index contributed by atoms with van der Waals surface area (Å²) in [4.78, 5) is 33.4. The van der Waals surface area contributed by atoms with Crippen molar-refractivity contribution in [3.63, 3.8) is 0 Å². The summed E-state index contributed by atoms with van der Waals surface area (Å²) in [6.45, 7) is 7.43. The first-order valence-corrected chi connectivity index (χ1v) is 11.4. The topological polar surface area (TPSA) is 74.8 Å². The van der Waals surface area contributed by atoms with Gasteiger partial charge in [0, 0.05) is 49.2 Å². The molecule has 2 unspecified atom stereocenters. The van der Waals surface area contributed by atoms with Gasteiger partial charge in [0.1, 0.15) is 0 Å². The number of carbonyl (C=O) groups is 2. The normalized spacial score (nSPS) is 22.9. The lowest BCUT2D eigenvalue weighted by Crippen LogP contribution is -2.44. The van der Waals surface area contributed by atoms with Gasteiger partial charge < -0.3 is 9.64 Å². The standard InChI is InChI=1S/C22H28N4O3S/c1-15-11-25(12-16(2)29-15)13-18-14-30-22(23-18)24-21(28)17-6-8-19(9-7-17)26-10-4-3-5-20(26)27/h6-9,14-16H,3-5,10-13H2,1-2H3,(H,23,24,28). The Morgan fingerprint density at radius 2 is 1.93 bits per heavy atom. The average Bonchev–Trinajstić information content (AvgIpc) is 3.14. The van der Waals surface area contributed by atoms with Crippen LogP contribution < -0.4 is 10.2 Å². The Morgan fingerprint density at radius 1 is 1.20 bits per heavy atom. The molecule has 2 aliphatic heterocycles. The summed E-state index contributed by atoms with van der Waals surface area (Å²) in [5.74, 6) is -0.0427. The number of anilines is 2. The average molecular weight is 429 g/mol. The van der Waals surface area contributed by atoms with Crippen molar-refractivity contribution in [2.75, 3.05) is 29.9 Å². The number of carbonyl (C=O) groups excluding carboxylic acids is 2. The van der Waals surface area contributed by atoms with Crippen LogP contribution in [0.15, 0.2) is 29.6 Å². The van der Waals surface area contributed by atoms with Crippen molar-refractivity contribution in [3.8, 4) is 0 Å². The molecule has 3 heterocycles. The number of benzene rings is 1. The zero-order valence-corrected chi connectivity index (χ0v) is 18.3. The molecule has 1 aromatic carbocycles. The summed E-state index contributed by atoms with van der Waals surface area (Å²) in [5.41, 5.74) is 2.35. The Bertz CT molecular complexity index is 888. The summed E-state index contributed by atoms with van der Waals surface area (Å²) >= 11 is 1.44. The number of rotatable bonds is 5. The van der Waals surface area contributed by atoms with E-state index in [1.807, 2.05) is 17.5 Å². The van der Waals surface area contributed by atoms with E-state index < -0.39 is 0 Å². The maximum atomic E-state index is 12.6. The Labute approximate surface area is 181 Å². The molecular formula is C22H28N4O3S. The van der Waals surface area contributed by atoms with Gasteiger partial charge in [-0.3, -0.25) is 19.8 Å². The molecule has 2 aromatic rings. The Kier molecular flexibility index (Phi) is 6.46. The van der Waals surface area contributed by atoms with E-state index in [1.54, 1.807) is 17.0 Å². The van der Waals surface area contributed by atoms with Gasteiger partial charge in [-0.15, -0.1) is 11.3 Å². The summed E-state index contributed by atoms with van der Waals surface area (Å²) in [5, 5.41) is 5.47. The van der Waals surface area contributed by atoms with E-state index >= 15 is 0 Å². The monoisotopic (exact) mass is 428 g/mol. The second-order valence-electron chi connectivity index (χ2n) is 8.10. The quantitative estimate of drug-likeness (QED) is 0.789. The van der Waals surface area contributed by atoms with Crippen LogP contribution in [0.2, 0.25) is 0 Å². The zero-order valence-electron chi connectivity index (χ0n) is 17.5. The van der Waals surface area contributed by atoms with Crippen molar-refractivity contribution in [2.45, 2.75) is 51.9 Å². The van der Waals surface area contributed by atoms with Crippen molar-refractivity contribution < 1.29 is 14.3 Å². The van der Waals surface area contributed by atoms with Gasteiger partial charge in [-0.2, -0.15) is 0 Å². The van der Waals surface area contributed by atoms with E-state index in [9.17, 15) is 9.59 Å². The van der Waals surface area contributed by atoms with E-state index in [0.29, 0.717) is 17.1 Å². The predicted molar refractivity (Wildman–Crippen MR) is 118 cm³/mol. The molecular weight excluding hydrogens is 400 g/mol. The van der Waals surface area contributed by atoms with E-state index in [1.165, 1.54) is 11.3 Å². The predicted octanol–water partition coefficient (Wildman–Crippen LogP) is 3.52. The lowest BCUT2D eigenvalue weighted by molar-refractivity contribution is -0.119. The van der Waals surface area contributed by atoms with Crippen molar-refractivity contribution >= 4 is 34.0 Å². The molecule has 2 aliphatic rings. The Balaban J connectivity index is 1.34. The minimum absolute atomic E-state index is 0.151. The number of ether oxygens (including phenoxy) is 1. The van der Waals surface area contributed by atoms with E-state index in [4.69, 9.17) is 4.74 Å². The number of hydrogen-bond donors (Lipinski definition) is 1. The smallest absolute Gasteiger partial charge is 0.257 e. The fourth-order valence-electron chi connectivity index (χ4n) is 4.12. The Morgan fingerprint density at radius 3 is 2.63 bits per heavy atom. The van der Waals surface area contributed by atoms with Gasteiger partial charge in [-0.05, 0) is 51.0 Å². The number of aromatic nitrogens is 1. The second kappa shape index (κ2) is 9.24. The van der Waals surface area contributed by atoms with Crippen LogP contribution in [0.25, 0.3) is 0 Å². The van der Waals surface area contributed by atoms with Crippen LogP contribution in [0.3, 0.4) is 0 Å². The largest absolute Gasteiger partial charge is 0.373 e. The van der Waals surface area contributed by atoms with Crippen molar-refractivity contribution in [1.82, 2.24) is 9.88 Å². The molecule has 8 heteroatoms. The lowest BCUT2D eigenvalue weighted by atomic mass is 10.1. The first kappa shape index (κ1) is 21.0. The van der Waals surface area contributed by atoms with E-state index in [0.717, 1.165) is 50.4 Å². The minimum atomic E-state index is -0.193. The number of nitrogens with one attached hydrogen (secondary N) is 1. The van der Waals surface area contributed by atoms with Crippen LogP contribution in [-0.4, -0.2) is 53.5 Å². The van der Waals surface area contributed by atoms with Crippen molar-refractivity contribution in [2.24, 2.45) is 0 Å². The zero-order chi connectivity index (χ0) is 21.1. The van der Waals surface area contributed by atoms with Crippen molar-refractivity contribution in [1.29, 1.82) is 0 Å². The highest BCUT2D eigenvalue weighted by Gasteiger charge is 2.23. The molecule has 30 heavy (non-hydrogen) atoms. The van der Waals surface area contributed by atoms with Gasteiger partial charge in [-0.25, -0.2) is 4.98 Å². The number of nitrogens with zero attached hydrogens (tertiary/aromatic N) is 3. The SMILES string of the molecule is CC1CN(Cc2csc(NC(=O)c3ccc(N4CCCCC4=O)cc3)n2)CC(C)O1. The van der Waals surface area contributed by atoms with Gasteiger partial charge in [0.05, 0.1) is 17.9 Å². The molecule has 0 saturated carbocycles. The molecule has 160 valence electrons. The summed E-state index contributed by atoms with van der Waals surface area (Å²) in [6, 6.07) is 7.20. The molecule has 0 radical (unpaired) electrons. The summed E-state index contributed by atoms with van der Waals surface area (Å²) in [7, 11) is 0. The Hall–Kier alpha value is -2.29. The second-order valence-corrected chi connectivity index (χ2v) is 8.96. The third-order valence-electron chi connectivity index (χ3n) is 5.42. The van der Waals surface area contributed by atoms with Crippen LogP contribution >= 0.6 is 11.3 Å². The highest BCUT2D eigenvalue weighted by Crippen LogP contribution is 2.23.